The van der Waals surface area contributed by atoms with E-state index in [1.807, 2.05) is 6.07 Å². The maximum Gasteiger partial charge on any atom is 0.331 e. The van der Waals surface area contributed by atoms with Crippen molar-refractivity contribution in [1.82, 2.24) is 10.2 Å². The van der Waals surface area contributed by atoms with Crippen molar-refractivity contribution in [2.75, 3.05) is 0 Å². The molecule has 0 atom stereocenters. The Morgan fingerprint density at radius 1 is 1.29 bits per heavy atom. The fraction of sp³-hybridized carbons (Fsp3) is 0.333. The predicted molar refractivity (Wildman–Crippen MR) is 71.5 cm³/mol. The Kier molecular flexibility index (Phi) is 2.98. The van der Waals surface area contributed by atoms with Gasteiger partial charge < -0.3 is 0 Å². The number of barbiturate groups is 1. The summed E-state index contributed by atoms with van der Waals surface area (Å²) in [5.74, 6) is -0.907. The van der Waals surface area contributed by atoms with Crippen LogP contribution in [0.2, 0.25) is 0 Å². The first-order chi connectivity index (χ1) is 10.1. The summed E-state index contributed by atoms with van der Waals surface area (Å²) in [5.41, 5.74) is 0.0916. The van der Waals surface area contributed by atoms with Crippen LogP contribution in [0.3, 0.4) is 0 Å². The molecule has 1 spiro atoms. The smallest absolute Gasteiger partial charge is 0.277 e. The lowest BCUT2D eigenvalue weighted by atomic mass is 9.66. The fourth-order valence-electron chi connectivity index (χ4n) is 2.77. The molecule has 0 unspecified atom stereocenters. The van der Waals surface area contributed by atoms with Gasteiger partial charge in [-0.25, -0.2) is 4.79 Å². The second kappa shape index (κ2) is 4.70. The average Bonchev–Trinajstić information content (AvgIpc) is 2.42. The molecule has 106 valence electrons. The molecule has 6 nitrogen and oxygen atoms in total. The van der Waals surface area contributed by atoms with Crippen LogP contribution in [0.25, 0.3) is 0 Å². The highest BCUT2D eigenvalue weighted by atomic mass is 16.2. The SMILES string of the molecule is N#Cc1cccc(CN2C(=O)NC(=O)C3(CCC3)C2=O)c1. The lowest BCUT2D eigenvalue weighted by Gasteiger charge is -2.44. The molecule has 1 aromatic carbocycles. The predicted octanol–water partition coefficient (Wildman–Crippen LogP) is 1.31. The van der Waals surface area contributed by atoms with Gasteiger partial charge in [0.1, 0.15) is 5.41 Å². The number of hydrogen-bond donors (Lipinski definition) is 1. The average molecular weight is 283 g/mol. The molecular weight excluding hydrogens is 270 g/mol. The number of nitrogens with zero attached hydrogens (tertiary/aromatic N) is 2. The molecule has 1 N–H and O–H groups in total. The molecule has 1 saturated heterocycles. The van der Waals surface area contributed by atoms with Gasteiger partial charge in [0.15, 0.2) is 0 Å². The number of rotatable bonds is 2. The van der Waals surface area contributed by atoms with Gasteiger partial charge in [-0.1, -0.05) is 18.6 Å². The monoisotopic (exact) mass is 283 g/mol. The van der Waals surface area contributed by atoms with E-state index >= 15 is 0 Å². The maximum atomic E-state index is 12.5. The van der Waals surface area contributed by atoms with Crippen LogP contribution in [0.4, 0.5) is 4.79 Å². The quantitative estimate of drug-likeness (QED) is 0.828. The number of urea groups is 1. The van der Waals surface area contributed by atoms with E-state index in [0.717, 1.165) is 11.3 Å². The summed E-state index contributed by atoms with van der Waals surface area (Å²) in [4.78, 5) is 37.4. The Labute approximate surface area is 121 Å². The van der Waals surface area contributed by atoms with Gasteiger partial charge in [-0.15, -0.1) is 0 Å². The molecule has 1 aromatic rings. The van der Waals surface area contributed by atoms with Crippen LogP contribution in [0.5, 0.6) is 0 Å². The fourth-order valence-corrected chi connectivity index (χ4v) is 2.77. The number of benzene rings is 1. The summed E-state index contributed by atoms with van der Waals surface area (Å²) in [5, 5.41) is 11.1. The number of hydrogen-bond acceptors (Lipinski definition) is 4. The highest BCUT2D eigenvalue weighted by Crippen LogP contribution is 2.44. The first kappa shape index (κ1) is 13.3. The van der Waals surface area contributed by atoms with Crippen molar-refractivity contribution in [2.24, 2.45) is 5.41 Å². The van der Waals surface area contributed by atoms with Crippen molar-refractivity contribution >= 4 is 17.8 Å². The van der Waals surface area contributed by atoms with Gasteiger partial charge in [0.05, 0.1) is 18.2 Å². The highest BCUT2D eigenvalue weighted by Gasteiger charge is 2.57. The Bertz CT molecular complexity index is 686. The minimum atomic E-state index is -1.05. The van der Waals surface area contributed by atoms with Gasteiger partial charge in [0.25, 0.3) is 0 Å². The molecule has 0 radical (unpaired) electrons. The van der Waals surface area contributed by atoms with Crippen LogP contribution in [-0.4, -0.2) is 22.7 Å². The van der Waals surface area contributed by atoms with Crippen molar-refractivity contribution in [3.8, 4) is 6.07 Å². The van der Waals surface area contributed by atoms with Crippen LogP contribution in [-0.2, 0) is 16.1 Å². The standard InChI is InChI=1S/C15H13N3O3/c16-8-10-3-1-4-11(7-10)9-18-13(20)15(5-2-6-15)12(19)17-14(18)21/h1,3-4,7H,2,5-6,9H2,(H,17,19,21). The van der Waals surface area contributed by atoms with Crippen LogP contribution < -0.4 is 5.32 Å². The van der Waals surface area contributed by atoms with Gasteiger partial charge in [-0.05, 0) is 30.5 Å². The number of nitrogens with one attached hydrogen (secondary N) is 1. The van der Waals surface area contributed by atoms with Crippen LogP contribution in [0.15, 0.2) is 24.3 Å². The van der Waals surface area contributed by atoms with Gasteiger partial charge in [0, 0.05) is 0 Å². The van der Waals surface area contributed by atoms with Crippen LogP contribution in [0.1, 0.15) is 30.4 Å². The Morgan fingerprint density at radius 3 is 2.67 bits per heavy atom. The molecule has 2 fully saturated rings. The van der Waals surface area contributed by atoms with Crippen molar-refractivity contribution in [1.29, 1.82) is 5.26 Å². The molecular formula is C15H13N3O3. The molecule has 3 rings (SSSR count). The second-order valence-electron chi connectivity index (χ2n) is 5.40. The van der Waals surface area contributed by atoms with Crippen molar-refractivity contribution < 1.29 is 14.4 Å². The van der Waals surface area contributed by atoms with Crippen molar-refractivity contribution in [2.45, 2.75) is 25.8 Å². The van der Waals surface area contributed by atoms with E-state index in [2.05, 4.69) is 5.32 Å². The topological polar surface area (TPSA) is 90.3 Å². The van der Waals surface area contributed by atoms with Crippen LogP contribution in [0, 0.1) is 16.7 Å². The third-order valence-corrected chi connectivity index (χ3v) is 4.16. The Morgan fingerprint density at radius 2 is 2.05 bits per heavy atom. The number of imide groups is 2. The number of nitriles is 1. The molecule has 6 heteroatoms. The van der Waals surface area contributed by atoms with Gasteiger partial charge in [0.2, 0.25) is 11.8 Å². The normalized spacial score (nSPS) is 20.0. The van der Waals surface area contributed by atoms with E-state index in [-0.39, 0.29) is 6.54 Å². The summed E-state index contributed by atoms with van der Waals surface area (Å²) in [6.45, 7) is 0.0647. The molecule has 1 aliphatic carbocycles. The largest absolute Gasteiger partial charge is 0.331 e. The summed E-state index contributed by atoms with van der Waals surface area (Å²) < 4.78 is 0. The number of amides is 4. The van der Waals surface area contributed by atoms with Crippen LogP contribution >= 0.6 is 0 Å². The molecule has 0 aromatic heterocycles. The third kappa shape index (κ3) is 1.98. The summed E-state index contributed by atoms with van der Waals surface area (Å²) >= 11 is 0. The molecule has 1 heterocycles. The third-order valence-electron chi connectivity index (χ3n) is 4.16. The van der Waals surface area contributed by atoms with Gasteiger partial charge in [-0.3, -0.25) is 19.8 Å². The minimum absolute atomic E-state index is 0.0647. The van der Waals surface area contributed by atoms with E-state index in [4.69, 9.17) is 5.26 Å². The van der Waals surface area contributed by atoms with E-state index in [0.29, 0.717) is 24.0 Å². The van der Waals surface area contributed by atoms with E-state index in [9.17, 15) is 14.4 Å². The first-order valence-electron chi connectivity index (χ1n) is 6.73. The van der Waals surface area contributed by atoms with Gasteiger partial charge in [-0.2, -0.15) is 5.26 Å². The number of carbonyl (C=O) groups excluding carboxylic acids is 3. The lowest BCUT2D eigenvalue weighted by Crippen LogP contribution is -2.65. The molecule has 0 bridgehead atoms. The zero-order chi connectivity index (χ0) is 15.0. The molecule has 21 heavy (non-hydrogen) atoms. The second-order valence-corrected chi connectivity index (χ2v) is 5.40. The summed E-state index contributed by atoms with van der Waals surface area (Å²) in [7, 11) is 0. The molecule has 2 aliphatic rings. The Balaban J connectivity index is 1.87. The Hall–Kier alpha value is -2.68. The maximum absolute atomic E-state index is 12.5. The molecule has 1 aliphatic heterocycles. The summed E-state index contributed by atoms with van der Waals surface area (Å²) in [6, 6.07) is 8.05. The van der Waals surface area contributed by atoms with E-state index in [1.54, 1.807) is 24.3 Å². The zero-order valence-electron chi connectivity index (χ0n) is 11.3. The van der Waals surface area contributed by atoms with E-state index < -0.39 is 23.3 Å². The van der Waals surface area contributed by atoms with Gasteiger partial charge >= 0.3 is 6.03 Å². The lowest BCUT2D eigenvalue weighted by molar-refractivity contribution is -0.158. The summed E-state index contributed by atoms with van der Waals surface area (Å²) in [6.07, 6.45) is 1.78. The minimum Gasteiger partial charge on any atom is -0.277 e. The molecule has 1 saturated carbocycles. The van der Waals surface area contributed by atoms with Crippen molar-refractivity contribution in [3.63, 3.8) is 0 Å². The number of carbonyl (C=O) groups is 3. The first-order valence-corrected chi connectivity index (χ1v) is 6.73. The van der Waals surface area contributed by atoms with Crippen molar-refractivity contribution in [3.05, 3.63) is 35.4 Å². The highest BCUT2D eigenvalue weighted by molar-refractivity contribution is 6.19. The molecule has 4 amide bonds. The van der Waals surface area contributed by atoms with E-state index in [1.165, 1.54) is 0 Å². The zero-order valence-corrected chi connectivity index (χ0v) is 11.3.